The maximum atomic E-state index is 12.0. The first-order valence-corrected chi connectivity index (χ1v) is 7.46. The van der Waals surface area contributed by atoms with Crippen LogP contribution in [0, 0.1) is 5.92 Å². The molecule has 0 aromatic heterocycles. The molecule has 3 nitrogen and oxygen atoms in total. The van der Waals surface area contributed by atoms with Crippen molar-refractivity contribution in [2.45, 2.75) is 45.1 Å². The molecule has 3 N–H and O–H groups in total. The van der Waals surface area contributed by atoms with Gasteiger partial charge in [0.15, 0.2) is 0 Å². The Morgan fingerprint density at radius 1 is 1.45 bits per heavy atom. The van der Waals surface area contributed by atoms with E-state index in [0.29, 0.717) is 27.6 Å². The number of primary amides is 1. The Kier molecular flexibility index (Phi) is 4.07. The number of carbonyl (C=O) groups is 1. The lowest BCUT2D eigenvalue weighted by atomic mass is 9.72. The number of hydrogen-bond acceptors (Lipinski definition) is 2. The van der Waals surface area contributed by atoms with Crippen LogP contribution in [0.2, 0.25) is 10.0 Å². The summed E-state index contributed by atoms with van der Waals surface area (Å²) >= 11 is 12.7. The number of amides is 1. The lowest BCUT2D eigenvalue weighted by Gasteiger charge is -2.32. The van der Waals surface area contributed by atoms with Crippen LogP contribution >= 0.6 is 23.2 Å². The van der Waals surface area contributed by atoms with E-state index in [1.807, 2.05) is 19.9 Å². The lowest BCUT2D eigenvalue weighted by molar-refractivity contribution is -0.124. The molecule has 0 fully saturated rings. The van der Waals surface area contributed by atoms with Crippen molar-refractivity contribution in [3.05, 3.63) is 32.8 Å². The molecule has 20 heavy (non-hydrogen) atoms. The van der Waals surface area contributed by atoms with Crippen molar-refractivity contribution in [2.24, 2.45) is 11.7 Å². The van der Waals surface area contributed by atoms with Gasteiger partial charge in [-0.25, -0.2) is 0 Å². The Bertz CT molecular complexity index is 571. The Labute approximate surface area is 129 Å². The molecule has 2 atom stereocenters. The van der Waals surface area contributed by atoms with Gasteiger partial charge in [0.1, 0.15) is 0 Å². The van der Waals surface area contributed by atoms with Crippen molar-refractivity contribution in [3.8, 4) is 0 Å². The van der Waals surface area contributed by atoms with E-state index in [4.69, 9.17) is 28.9 Å². The van der Waals surface area contributed by atoms with Crippen molar-refractivity contribution in [1.29, 1.82) is 0 Å². The van der Waals surface area contributed by atoms with Crippen molar-refractivity contribution in [2.75, 3.05) is 0 Å². The van der Waals surface area contributed by atoms with Gasteiger partial charge in [0.05, 0.1) is 21.6 Å². The molecular weight excluding hydrogens is 297 g/mol. The second kappa shape index (κ2) is 5.21. The minimum Gasteiger partial charge on any atom is -0.388 e. The van der Waals surface area contributed by atoms with Crippen molar-refractivity contribution >= 4 is 29.1 Å². The normalized spacial score (nSPS) is 20.9. The second-order valence-electron chi connectivity index (χ2n) is 5.90. The molecule has 0 saturated carbocycles. The standard InChI is InChI=1S/C15H19Cl2NO2/c1-7(2)15(3,14(18)20)9-6-8-4-5-10(19)11(8)13(17)12(9)16/h6-7,10,19H,4-5H2,1-3H3,(H2,18,20). The summed E-state index contributed by atoms with van der Waals surface area (Å²) in [7, 11) is 0. The molecule has 0 heterocycles. The van der Waals surface area contributed by atoms with Crippen LogP contribution in [0.5, 0.6) is 0 Å². The number of aliphatic hydroxyl groups is 1. The van der Waals surface area contributed by atoms with E-state index in [1.165, 1.54) is 0 Å². The highest BCUT2D eigenvalue weighted by atomic mass is 35.5. The number of benzene rings is 1. The third kappa shape index (κ3) is 2.12. The van der Waals surface area contributed by atoms with Crippen LogP contribution in [-0.2, 0) is 16.6 Å². The van der Waals surface area contributed by atoms with Crippen molar-refractivity contribution < 1.29 is 9.90 Å². The first kappa shape index (κ1) is 15.6. The van der Waals surface area contributed by atoms with Gasteiger partial charge in [0.2, 0.25) is 5.91 Å². The van der Waals surface area contributed by atoms with Gasteiger partial charge in [-0.3, -0.25) is 4.79 Å². The van der Waals surface area contributed by atoms with E-state index in [1.54, 1.807) is 6.92 Å². The minimum absolute atomic E-state index is 0.0158. The quantitative estimate of drug-likeness (QED) is 0.898. The summed E-state index contributed by atoms with van der Waals surface area (Å²) in [6.45, 7) is 5.64. The van der Waals surface area contributed by atoms with Crippen molar-refractivity contribution in [3.63, 3.8) is 0 Å². The summed E-state index contributed by atoms with van der Waals surface area (Å²) in [5.74, 6) is -0.443. The molecule has 1 aromatic rings. The van der Waals surface area contributed by atoms with Crippen molar-refractivity contribution in [1.82, 2.24) is 0 Å². The molecular formula is C15H19Cl2NO2. The number of rotatable bonds is 3. The Morgan fingerprint density at radius 3 is 2.55 bits per heavy atom. The maximum Gasteiger partial charge on any atom is 0.228 e. The van der Waals surface area contributed by atoms with E-state index >= 15 is 0 Å². The lowest BCUT2D eigenvalue weighted by Crippen LogP contribution is -2.43. The Hall–Kier alpha value is -0.770. The molecule has 0 spiro atoms. The van der Waals surface area contributed by atoms with Crippen LogP contribution in [0.4, 0.5) is 0 Å². The molecule has 1 aliphatic carbocycles. The van der Waals surface area contributed by atoms with E-state index in [-0.39, 0.29) is 5.92 Å². The first-order valence-electron chi connectivity index (χ1n) is 6.70. The summed E-state index contributed by atoms with van der Waals surface area (Å²) in [5, 5.41) is 10.6. The fourth-order valence-electron chi connectivity index (χ4n) is 2.80. The molecule has 0 saturated heterocycles. The summed E-state index contributed by atoms with van der Waals surface area (Å²) in [6, 6.07) is 1.88. The predicted octanol–water partition coefficient (Wildman–Crippen LogP) is 3.37. The molecule has 5 heteroatoms. The third-order valence-electron chi connectivity index (χ3n) is 4.58. The van der Waals surface area contributed by atoms with E-state index < -0.39 is 17.4 Å². The van der Waals surface area contributed by atoms with Gasteiger partial charge >= 0.3 is 0 Å². The number of nitrogens with two attached hydrogens (primary N) is 1. The van der Waals surface area contributed by atoms with E-state index in [0.717, 1.165) is 12.0 Å². The molecule has 2 rings (SSSR count). The molecule has 1 amide bonds. The van der Waals surface area contributed by atoms with Gasteiger partial charge < -0.3 is 10.8 Å². The number of hydrogen-bond donors (Lipinski definition) is 2. The first-order chi connectivity index (χ1) is 9.21. The fraction of sp³-hybridized carbons (Fsp3) is 0.533. The monoisotopic (exact) mass is 315 g/mol. The molecule has 0 bridgehead atoms. The largest absolute Gasteiger partial charge is 0.388 e. The van der Waals surface area contributed by atoms with E-state index in [9.17, 15) is 9.90 Å². The average Bonchev–Trinajstić information content (AvgIpc) is 2.74. The number of aliphatic hydroxyl groups excluding tert-OH is 1. The van der Waals surface area contributed by atoms with Gasteiger partial charge in [-0.2, -0.15) is 0 Å². The third-order valence-corrected chi connectivity index (χ3v) is 5.46. The minimum atomic E-state index is -0.886. The summed E-state index contributed by atoms with van der Waals surface area (Å²) in [4.78, 5) is 12.0. The number of fused-ring (bicyclic) bond motifs is 1. The maximum absolute atomic E-state index is 12.0. The number of halogens is 2. The average molecular weight is 316 g/mol. The number of aryl methyl sites for hydroxylation is 1. The SMILES string of the molecule is CC(C)C(C)(C(N)=O)c1cc2c(c(Cl)c1Cl)C(O)CC2. The summed E-state index contributed by atoms with van der Waals surface area (Å²) < 4.78 is 0. The highest BCUT2D eigenvalue weighted by Crippen LogP contribution is 2.46. The smallest absolute Gasteiger partial charge is 0.228 e. The van der Waals surface area contributed by atoms with E-state index in [2.05, 4.69) is 0 Å². The molecule has 110 valence electrons. The molecule has 1 aromatic carbocycles. The van der Waals surface area contributed by atoms with Gasteiger partial charge in [-0.05, 0) is 36.8 Å². The van der Waals surface area contributed by atoms with Crippen LogP contribution < -0.4 is 5.73 Å². The Morgan fingerprint density at radius 2 is 2.05 bits per heavy atom. The predicted molar refractivity (Wildman–Crippen MR) is 81.1 cm³/mol. The highest BCUT2D eigenvalue weighted by molar-refractivity contribution is 6.43. The van der Waals surface area contributed by atoms with Crippen LogP contribution in [0.25, 0.3) is 0 Å². The zero-order valence-electron chi connectivity index (χ0n) is 11.8. The topological polar surface area (TPSA) is 63.3 Å². The molecule has 0 aliphatic heterocycles. The van der Waals surface area contributed by atoms with Gasteiger partial charge in [0.25, 0.3) is 0 Å². The van der Waals surface area contributed by atoms with Crippen LogP contribution in [0.3, 0.4) is 0 Å². The Balaban J connectivity index is 2.71. The van der Waals surface area contributed by atoms with Gasteiger partial charge in [0, 0.05) is 5.56 Å². The van der Waals surface area contributed by atoms with Crippen LogP contribution in [0.15, 0.2) is 6.07 Å². The fourth-order valence-corrected chi connectivity index (χ4v) is 3.50. The van der Waals surface area contributed by atoms with Gasteiger partial charge in [-0.1, -0.05) is 43.1 Å². The molecule has 1 aliphatic rings. The van der Waals surface area contributed by atoms with Crippen LogP contribution in [0.1, 0.15) is 50.0 Å². The second-order valence-corrected chi connectivity index (χ2v) is 6.66. The highest BCUT2D eigenvalue weighted by Gasteiger charge is 2.40. The molecule has 0 radical (unpaired) electrons. The number of carbonyl (C=O) groups excluding carboxylic acids is 1. The zero-order valence-corrected chi connectivity index (χ0v) is 13.3. The van der Waals surface area contributed by atoms with Gasteiger partial charge in [-0.15, -0.1) is 0 Å². The molecule has 2 unspecified atom stereocenters. The zero-order chi connectivity index (χ0) is 15.2. The summed E-state index contributed by atoms with van der Waals surface area (Å²) in [6.07, 6.45) is 0.778. The van der Waals surface area contributed by atoms with Crippen LogP contribution in [-0.4, -0.2) is 11.0 Å². The summed E-state index contributed by atoms with van der Waals surface area (Å²) in [5.41, 5.74) is 7.02.